The van der Waals surface area contributed by atoms with Crippen molar-refractivity contribution in [2.75, 3.05) is 0 Å². The number of halogens is 2. The highest BCUT2D eigenvalue weighted by Gasteiger charge is 2.18. The van der Waals surface area contributed by atoms with Crippen LogP contribution in [0.1, 0.15) is 13.3 Å². The highest BCUT2D eigenvalue weighted by molar-refractivity contribution is 6.33. The van der Waals surface area contributed by atoms with E-state index in [0.29, 0.717) is 22.1 Å². The highest BCUT2D eigenvalue weighted by atomic mass is 35.5. The summed E-state index contributed by atoms with van der Waals surface area (Å²) in [5.41, 5.74) is 0.459. The summed E-state index contributed by atoms with van der Waals surface area (Å²) in [5.74, 6) is 0. The molecule has 0 heterocycles. The number of allylic oxidation sites excluding steroid dienone is 4. The Balaban J connectivity index is 3.03. The minimum Gasteiger partial charge on any atom is -0.390 e. The van der Waals surface area contributed by atoms with Gasteiger partial charge >= 0.3 is 0 Å². The number of aliphatic hydroxyl groups excluding tert-OH is 2. The molecule has 0 aliphatic heterocycles. The van der Waals surface area contributed by atoms with E-state index in [0.717, 1.165) is 0 Å². The lowest BCUT2D eigenvalue weighted by Crippen LogP contribution is -2.24. The molecule has 0 radical (unpaired) electrons. The fourth-order valence-corrected chi connectivity index (χ4v) is 1.62. The van der Waals surface area contributed by atoms with E-state index >= 15 is 0 Å². The average Bonchev–Trinajstić information content (AvgIpc) is 2.27. The van der Waals surface area contributed by atoms with Gasteiger partial charge in [0.25, 0.3) is 0 Å². The Kier molecular flexibility index (Phi) is 4.20. The molecule has 2 atom stereocenters. The minimum absolute atomic E-state index is 0.411. The minimum atomic E-state index is -1.00. The molecule has 0 aromatic carbocycles. The van der Waals surface area contributed by atoms with Gasteiger partial charge in [-0.15, -0.1) is 0 Å². The molecule has 0 spiro atoms. The van der Waals surface area contributed by atoms with Crippen molar-refractivity contribution in [3.8, 4) is 0 Å². The first-order chi connectivity index (χ1) is 6.52. The Labute approximate surface area is 93.1 Å². The van der Waals surface area contributed by atoms with E-state index in [4.69, 9.17) is 23.2 Å². The zero-order chi connectivity index (χ0) is 10.7. The summed E-state index contributed by atoms with van der Waals surface area (Å²) >= 11 is 11.8. The quantitative estimate of drug-likeness (QED) is 0.770. The third-order valence-electron chi connectivity index (χ3n) is 1.94. The molecule has 0 bridgehead atoms. The molecule has 0 amide bonds. The van der Waals surface area contributed by atoms with Crippen LogP contribution in [0.25, 0.3) is 0 Å². The van der Waals surface area contributed by atoms with Gasteiger partial charge in [-0.2, -0.15) is 0 Å². The van der Waals surface area contributed by atoms with Crippen molar-refractivity contribution in [1.29, 1.82) is 0 Å². The van der Waals surface area contributed by atoms with Crippen LogP contribution in [-0.4, -0.2) is 22.4 Å². The smallest absolute Gasteiger partial charge is 0.106 e. The van der Waals surface area contributed by atoms with Crippen molar-refractivity contribution in [2.45, 2.75) is 25.6 Å². The molecule has 4 heteroatoms. The van der Waals surface area contributed by atoms with E-state index in [9.17, 15) is 10.2 Å². The molecule has 78 valence electrons. The van der Waals surface area contributed by atoms with E-state index in [1.165, 1.54) is 6.92 Å². The van der Waals surface area contributed by atoms with Gasteiger partial charge in [-0.05, 0) is 19.1 Å². The highest BCUT2D eigenvalue weighted by Crippen LogP contribution is 2.25. The Morgan fingerprint density at radius 2 is 2.00 bits per heavy atom. The first-order valence-electron chi connectivity index (χ1n) is 4.30. The summed E-state index contributed by atoms with van der Waals surface area (Å²) in [5, 5.41) is 19.9. The summed E-state index contributed by atoms with van der Waals surface area (Å²) in [6.07, 6.45) is 3.80. The topological polar surface area (TPSA) is 40.5 Å². The molecule has 1 aliphatic carbocycles. The largest absolute Gasteiger partial charge is 0.390 e. The van der Waals surface area contributed by atoms with Gasteiger partial charge in [0, 0.05) is 22.1 Å². The third-order valence-corrected chi connectivity index (χ3v) is 2.55. The molecule has 0 fully saturated rings. The first kappa shape index (κ1) is 11.8. The number of rotatable bonds is 2. The van der Waals surface area contributed by atoms with Crippen molar-refractivity contribution in [2.24, 2.45) is 0 Å². The van der Waals surface area contributed by atoms with Gasteiger partial charge in [-0.25, -0.2) is 0 Å². The van der Waals surface area contributed by atoms with E-state index in [-0.39, 0.29) is 0 Å². The molecule has 0 saturated carbocycles. The van der Waals surface area contributed by atoms with E-state index in [2.05, 4.69) is 0 Å². The lowest BCUT2D eigenvalue weighted by molar-refractivity contribution is 0.0566. The molecule has 2 unspecified atom stereocenters. The van der Waals surface area contributed by atoms with Gasteiger partial charge < -0.3 is 10.2 Å². The molecule has 1 aliphatic rings. The fraction of sp³-hybridized carbons (Fsp3) is 0.400. The molecule has 14 heavy (non-hydrogen) atoms. The maximum absolute atomic E-state index is 9.63. The van der Waals surface area contributed by atoms with Gasteiger partial charge in [-0.1, -0.05) is 29.3 Å². The van der Waals surface area contributed by atoms with E-state index in [1.807, 2.05) is 6.08 Å². The molecule has 1 rings (SSSR count). The van der Waals surface area contributed by atoms with Crippen LogP contribution in [0.2, 0.25) is 0 Å². The molecule has 0 aromatic rings. The van der Waals surface area contributed by atoms with Crippen molar-refractivity contribution < 1.29 is 10.2 Å². The summed E-state index contributed by atoms with van der Waals surface area (Å²) in [6, 6.07) is 0. The second-order valence-corrected chi connectivity index (χ2v) is 4.08. The van der Waals surface area contributed by atoms with E-state index in [1.54, 1.807) is 12.2 Å². The van der Waals surface area contributed by atoms with Crippen LogP contribution in [0.3, 0.4) is 0 Å². The Morgan fingerprint density at radius 3 is 2.57 bits per heavy atom. The van der Waals surface area contributed by atoms with Crippen LogP contribution in [0.5, 0.6) is 0 Å². The molecular weight excluding hydrogens is 223 g/mol. The molecule has 0 saturated heterocycles. The SMILES string of the molecule is CC(O)C(O)C1=C(Cl)C=CCC(Cl)=C1. The third kappa shape index (κ3) is 2.85. The molecular formula is C10H12Cl2O2. The Hall–Kier alpha value is -0.280. The lowest BCUT2D eigenvalue weighted by Gasteiger charge is -2.15. The number of hydrogen-bond donors (Lipinski definition) is 2. The monoisotopic (exact) mass is 234 g/mol. The van der Waals surface area contributed by atoms with Gasteiger partial charge in [0.15, 0.2) is 0 Å². The second kappa shape index (κ2) is 4.99. The predicted octanol–water partition coefficient (Wildman–Crippen LogP) is 2.30. The van der Waals surface area contributed by atoms with Crippen LogP contribution >= 0.6 is 23.2 Å². The number of hydrogen-bond acceptors (Lipinski definition) is 2. The van der Waals surface area contributed by atoms with Crippen molar-refractivity contribution in [1.82, 2.24) is 0 Å². The molecule has 2 N–H and O–H groups in total. The van der Waals surface area contributed by atoms with E-state index < -0.39 is 12.2 Å². The zero-order valence-electron chi connectivity index (χ0n) is 7.74. The van der Waals surface area contributed by atoms with Crippen LogP contribution in [0.15, 0.2) is 33.9 Å². The molecule has 0 aromatic heterocycles. The second-order valence-electron chi connectivity index (χ2n) is 3.19. The van der Waals surface area contributed by atoms with Crippen molar-refractivity contribution >= 4 is 23.2 Å². The van der Waals surface area contributed by atoms with Gasteiger partial charge in [-0.3, -0.25) is 0 Å². The summed E-state index contributed by atoms with van der Waals surface area (Å²) in [7, 11) is 0. The average molecular weight is 235 g/mol. The Bertz CT molecular complexity index is 303. The summed E-state index contributed by atoms with van der Waals surface area (Å²) in [6.45, 7) is 1.50. The van der Waals surface area contributed by atoms with Crippen molar-refractivity contribution in [3.05, 3.63) is 33.9 Å². The van der Waals surface area contributed by atoms with Crippen LogP contribution in [0, 0.1) is 0 Å². The maximum atomic E-state index is 9.63. The summed E-state index contributed by atoms with van der Waals surface area (Å²) in [4.78, 5) is 0. The predicted molar refractivity (Wildman–Crippen MR) is 58.3 cm³/mol. The fourth-order valence-electron chi connectivity index (χ4n) is 1.15. The lowest BCUT2D eigenvalue weighted by atomic mass is 10.1. The Morgan fingerprint density at radius 1 is 1.36 bits per heavy atom. The van der Waals surface area contributed by atoms with Crippen LogP contribution < -0.4 is 0 Å². The van der Waals surface area contributed by atoms with Crippen LogP contribution in [0.4, 0.5) is 0 Å². The van der Waals surface area contributed by atoms with Gasteiger partial charge in [0.05, 0.1) is 6.10 Å². The van der Waals surface area contributed by atoms with Gasteiger partial charge in [0.2, 0.25) is 0 Å². The van der Waals surface area contributed by atoms with Crippen molar-refractivity contribution in [3.63, 3.8) is 0 Å². The van der Waals surface area contributed by atoms with Crippen LogP contribution in [-0.2, 0) is 0 Å². The first-order valence-corrected chi connectivity index (χ1v) is 5.06. The maximum Gasteiger partial charge on any atom is 0.106 e. The van der Waals surface area contributed by atoms with Gasteiger partial charge in [0.1, 0.15) is 6.10 Å². The molecule has 2 nitrogen and oxygen atoms in total. The normalized spacial score (nSPS) is 21.6. The summed E-state index contributed by atoms with van der Waals surface area (Å²) < 4.78 is 0. The standard InChI is InChI=1S/C10H12Cl2O2/c1-6(13)10(14)8-5-7(11)3-2-4-9(8)12/h2,4-6,10,13-14H,3H2,1H3. The number of aliphatic hydroxyl groups is 2. The zero-order valence-corrected chi connectivity index (χ0v) is 9.26.